The number of benzene rings is 1. The molecule has 21 heavy (non-hydrogen) atoms. The Morgan fingerprint density at radius 1 is 1.19 bits per heavy atom. The highest BCUT2D eigenvalue weighted by Crippen LogP contribution is 2.29. The van der Waals surface area contributed by atoms with E-state index in [1.165, 1.54) is 0 Å². The summed E-state index contributed by atoms with van der Waals surface area (Å²) in [7, 11) is 0. The summed E-state index contributed by atoms with van der Waals surface area (Å²) in [5.41, 5.74) is -0.587. The van der Waals surface area contributed by atoms with Crippen LogP contribution in [0.3, 0.4) is 0 Å². The Hall–Kier alpha value is -2.13. The van der Waals surface area contributed by atoms with Crippen molar-refractivity contribution in [3.63, 3.8) is 0 Å². The molecule has 0 aliphatic carbocycles. The minimum Gasteiger partial charge on any atom is -0.444 e. The molecular weight excluding hydrogens is 268 g/mol. The molecule has 0 aliphatic heterocycles. The van der Waals surface area contributed by atoms with E-state index in [1.807, 2.05) is 30.3 Å². The van der Waals surface area contributed by atoms with Crippen molar-refractivity contribution >= 4 is 12.2 Å². The molecule has 5 nitrogen and oxygen atoms in total. The molecule has 0 radical (unpaired) electrons. The van der Waals surface area contributed by atoms with Crippen molar-refractivity contribution in [2.75, 3.05) is 0 Å². The number of carbonyl (C=O) groups excluding carboxylic acids is 2. The molecule has 0 bridgehead atoms. The maximum atomic E-state index is 12.0. The molecule has 1 aromatic carbocycles. The van der Waals surface area contributed by atoms with Gasteiger partial charge in [0.05, 0.1) is 11.6 Å². The predicted molar refractivity (Wildman–Crippen MR) is 80.8 cm³/mol. The quantitative estimate of drug-likeness (QED) is 0.683. The Balaban J connectivity index is 3.04. The fourth-order valence-corrected chi connectivity index (χ4v) is 1.92. The van der Waals surface area contributed by atoms with Crippen LogP contribution in [-0.4, -0.2) is 23.3 Å². The van der Waals surface area contributed by atoms with Gasteiger partial charge in [-0.1, -0.05) is 30.3 Å². The van der Waals surface area contributed by atoms with Crippen LogP contribution in [-0.2, 0) is 9.53 Å². The first kappa shape index (κ1) is 16.9. The molecule has 1 aromatic rings. The van der Waals surface area contributed by atoms with Gasteiger partial charge in [0, 0.05) is 0 Å². The molecule has 0 fully saturated rings. The maximum absolute atomic E-state index is 12.0. The summed E-state index contributed by atoms with van der Waals surface area (Å²) in [5.74, 6) is 0. The molecule has 1 unspecified atom stereocenters. The van der Waals surface area contributed by atoms with E-state index in [0.29, 0.717) is 0 Å². The molecule has 0 aromatic heterocycles. The topological polar surface area (TPSA) is 67.8 Å². The number of rotatable bonds is 4. The zero-order valence-corrected chi connectivity index (χ0v) is 13.1. The molecule has 0 saturated heterocycles. The minimum absolute atomic E-state index is 0.491. The van der Waals surface area contributed by atoms with Crippen LogP contribution in [0.2, 0.25) is 0 Å². The number of carbonyl (C=O) groups is 1. The fraction of sp³-hybridized carbons (Fsp3) is 0.500. The van der Waals surface area contributed by atoms with Crippen molar-refractivity contribution in [1.82, 2.24) is 5.32 Å². The first-order valence-electron chi connectivity index (χ1n) is 6.79. The second kappa shape index (κ2) is 6.55. The van der Waals surface area contributed by atoms with E-state index < -0.39 is 23.3 Å². The van der Waals surface area contributed by atoms with Gasteiger partial charge >= 0.3 is 6.09 Å². The molecular formula is C16H22N2O3. The Kier molecular flexibility index (Phi) is 5.28. The molecule has 0 saturated carbocycles. The number of isocyanates is 1. The number of ether oxygens (including phenoxy) is 1. The summed E-state index contributed by atoms with van der Waals surface area (Å²) in [6.07, 6.45) is 1.01. The van der Waals surface area contributed by atoms with E-state index in [2.05, 4.69) is 10.3 Å². The third kappa shape index (κ3) is 5.40. The van der Waals surface area contributed by atoms with Gasteiger partial charge in [-0.25, -0.2) is 9.59 Å². The van der Waals surface area contributed by atoms with E-state index in [0.717, 1.165) is 5.56 Å². The second-order valence-electron chi connectivity index (χ2n) is 6.35. The van der Waals surface area contributed by atoms with Gasteiger partial charge in [0.1, 0.15) is 5.60 Å². The molecule has 0 spiro atoms. The number of hydrogen-bond donors (Lipinski definition) is 1. The average molecular weight is 290 g/mol. The summed E-state index contributed by atoms with van der Waals surface area (Å²) < 4.78 is 5.27. The van der Waals surface area contributed by atoms with Gasteiger partial charge in [-0.05, 0) is 40.2 Å². The van der Waals surface area contributed by atoms with Gasteiger partial charge in [0.2, 0.25) is 6.08 Å². The van der Waals surface area contributed by atoms with Gasteiger partial charge in [0.25, 0.3) is 0 Å². The third-order valence-corrected chi connectivity index (χ3v) is 2.83. The highest BCUT2D eigenvalue weighted by molar-refractivity contribution is 5.68. The summed E-state index contributed by atoms with van der Waals surface area (Å²) in [4.78, 5) is 26.5. The molecule has 0 heterocycles. The highest BCUT2D eigenvalue weighted by atomic mass is 16.6. The van der Waals surface area contributed by atoms with Gasteiger partial charge in [-0.2, -0.15) is 4.99 Å². The lowest BCUT2D eigenvalue weighted by atomic mass is 9.89. The zero-order chi connectivity index (χ0) is 16.1. The summed E-state index contributed by atoms with van der Waals surface area (Å²) in [6.45, 7) is 8.89. The van der Waals surface area contributed by atoms with E-state index in [1.54, 1.807) is 40.7 Å². The lowest BCUT2D eigenvalue weighted by Crippen LogP contribution is -2.43. The molecule has 1 N–H and O–H groups in total. The summed E-state index contributed by atoms with van der Waals surface area (Å²) in [5, 5.41) is 2.78. The van der Waals surface area contributed by atoms with E-state index in [4.69, 9.17) is 4.74 Å². The van der Waals surface area contributed by atoms with E-state index in [-0.39, 0.29) is 0 Å². The SMILES string of the molecule is CC(C)(C)OC(=O)NC(c1ccccc1)C(C)(C)N=C=O. The first-order chi connectivity index (χ1) is 9.65. The van der Waals surface area contributed by atoms with Crippen molar-refractivity contribution < 1.29 is 14.3 Å². The van der Waals surface area contributed by atoms with Crippen molar-refractivity contribution in [3.05, 3.63) is 35.9 Å². The molecule has 1 amide bonds. The highest BCUT2D eigenvalue weighted by Gasteiger charge is 2.33. The van der Waals surface area contributed by atoms with Crippen LogP contribution < -0.4 is 5.32 Å². The number of alkyl carbamates (subject to hydrolysis) is 1. The van der Waals surface area contributed by atoms with Gasteiger partial charge in [0.15, 0.2) is 0 Å². The largest absolute Gasteiger partial charge is 0.444 e. The van der Waals surface area contributed by atoms with Gasteiger partial charge in [-0.15, -0.1) is 0 Å². The molecule has 114 valence electrons. The number of hydrogen-bond acceptors (Lipinski definition) is 4. The Bertz CT molecular complexity index is 526. The van der Waals surface area contributed by atoms with E-state index in [9.17, 15) is 9.59 Å². The standard InChI is InChI=1S/C16H22N2O3/c1-15(2,3)21-14(20)18-13(16(4,5)17-11-19)12-9-7-6-8-10-12/h6-10,13H,1-5H3,(H,18,20). The number of amides is 1. The lowest BCUT2D eigenvalue weighted by molar-refractivity contribution is 0.0482. The minimum atomic E-state index is -0.833. The van der Waals surface area contributed by atoms with Crippen LogP contribution in [0.1, 0.15) is 46.2 Å². The number of aliphatic imine (C=N–C) groups is 1. The van der Waals surface area contributed by atoms with Crippen molar-refractivity contribution in [3.8, 4) is 0 Å². The fourth-order valence-electron chi connectivity index (χ4n) is 1.92. The van der Waals surface area contributed by atoms with Gasteiger partial charge < -0.3 is 10.1 Å². The van der Waals surface area contributed by atoms with Crippen molar-refractivity contribution in [1.29, 1.82) is 0 Å². The summed E-state index contributed by atoms with van der Waals surface area (Å²) >= 11 is 0. The van der Waals surface area contributed by atoms with Crippen LogP contribution in [0.25, 0.3) is 0 Å². The van der Waals surface area contributed by atoms with E-state index >= 15 is 0 Å². The van der Waals surface area contributed by atoms with Crippen molar-refractivity contribution in [2.24, 2.45) is 4.99 Å². The molecule has 1 rings (SSSR count). The Labute approximate surface area is 125 Å². The van der Waals surface area contributed by atoms with Crippen LogP contribution in [0.15, 0.2) is 35.3 Å². The predicted octanol–water partition coefficient (Wildman–Crippen LogP) is 3.37. The average Bonchev–Trinajstić information content (AvgIpc) is 2.34. The Morgan fingerprint density at radius 3 is 2.24 bits per heavy atom. The summed E-state index contributed by atoms with van der Waals surface area (Å²) in [6, 6.07) is 8.84. The molecule has 1 atom stereocenters. The van der Waals surface area contributed by atoms with Crippen LogP contribution in [0, 0.1) is 0 Å². The molecule has 5 heteroatoms. The third-order valence-electron chi connectivity index (χ3n) is 2.83. The monoisotopic (exact) mass is 290 g/mol. The zero-order valence-electron chi connectivity index (χ0n) is 13.1. The molecule has 0 aliphatic rings. The smallest absolute Gasteiger partial charge is 0.408 e. The van der Waals surface area contributed by atoms with Crippen LogP contribution >= 0.6 is 0 Å². The first-order valence-corrected chi connectivity index (χ1v) is 6.79. The van der Waals surface area contributed by atoms with Gasteiger partial charge in [-0.3, -0.25) is 0 Å². The van der Waals surface area contributed by atoms with Crippen LogP contribution in [0.4, 0.5) is 4.79 Å². The Morgan fingerprint density at radius 2 is 1.76 bits per heavy atom. The number of nitrogens with one attached hydrogen (secondary N) is 1. The van der Waals surface area contributed by atoms with Crippen molar-refractivity contribution in [2.45, 2.75) is 51.8 Å². The normalized spacial score (nSPS) is 13.0. The van der Waals surface area contributed by atoms with Crippen LogP contribution in [0.5, 0.6) is 0 Å². The maximum Gasteiger partial charge on any atom is 0.408 e. The lowest BCUT2D eigenvalue weighted by Gasteiger charge is -2.31. The second-order valence-corrected chi connectivity index (χ2v) is 6.35. The number of nitrogens with zero attached hydrogens (tertiary/aromatic N) is 1.